The van der Waals surface area contributed by atoms with Crippen molar-refractivity contribution < 1.29 is 23.5 Å². The van der Waals surface area contributed by atoms with Crippen LogP contribution in [0.5, 0.6) is 0 Å². The number of ether oxygens (including phenoxy) is 1. The van der Waals surface area contributed by atoms with Crippen molar-refractivity contribution in [1.29, 1.82) is 10.7 Å². The van der Waals surface area contributed by atoms with E-state index in [-0.39, 0.29) is 22.7 Å². The maximum Gasteiger partial charge on any atom is 0.340 e. The Labute approximate surface area is 148 Å². The third kappa shape index (κ3) is 4.42. The van der Waals surface area contributed by atoms with Crippen LogP contribution in [-0.2, 0) is 9.53 Å². The number of anilines is 1. The van der Waals surface area contributed by atoms with Gasteiger partial charge in [0.1, 0.15) is 5.92 Å². The van der Waals surface area contributed by atoms with Crippen molar-refractivity contribution in [3.63, 3.8) is 0 Å². The molecule has 2 rings (SSSR count). The molecule has 1 amide bonds. The van der Waals surface area contributed by atoms with E-state index in [1.165, 1.54) is 31.4 Å². The lowest BCUT2D eigenvalue weighted by atomic mass is 10.0. The number of ketones is 1. The average Bonchev–Trinajstić information content (AvgIpc) is 3.15. The summed E-state index contributed by atoms with van der Waals surface area (Å²) in [5.74, 6) is -3.26. The van der Waals surface area contributed by atoms with Crippen molar-refractivity contribution in [2.75, 3.05) is 11.9 Å². The lowest BCUT2D eigenvalue weighted by Gasteiger charge is -2.11. The molecule has 2 aromatic rings. The van der Waals surface area contributed by atoms with E-state index in [1.54, 1.807) is 24.3 Å². The molecule has 8 nitrogen and oxygen atoms in total. The van der Waals surface area contributed by atoms with Gasteiger partial charge in [-0.1, -0.05) is 12.1 Å². The molecule has 8 heteroatoms. The summed E-state index contributed by atoms with van der Waals surface area (Å²) in [6, 6.07) is 10.8. The predicted octanol–water partition coefficient (Wildman–Crippen LogP) is 2.44. The SMILES string of the molecule is CC(=N)C(C#N)C(=O)COC(=O)c1ccccc1NC(=O)c1ccco1. The molecular weight excluding hydrogens is 338 g/mol. The molecule has 2 N–H and O–H groups in total. The van der Waals surface area contributed by atoms with E-state index >= 15 is 0 Å². The summed E-state index contributed by atoms with van der Waals surface area (Å²) in [5.41, 5.74) is 0.103. The first-order valence-corrected chi connectivity index (χ1v) is 7.52. The first-order chi connectivity index (χ1) is 12.4. The number of carbonyl (C=O) groups is 3. The molecule has 0 spiro atoms. The van der Waals surface area contributed by atoms with Gasteiger partial charge in [-0.3, -0.25) is 9.59 Å². The zero-order valence-corrected chi connectivity index (χ0v) is 13.8. The molecular formula is C18H15N3O5. The number of hydrogen-bond donors (Lipinski definition) is 2. The van der Waals surface area contributed by atoms with Crippen LogP contribution in [0.4, 0.5) is 5.69 Å². The Bertz CT molecular complexity index is 880. The van der Waals surface area contributed by atoms with Gasteiger partial charge in [-0.05, 0) is 31.2 Å². The summed E-state index contributed by atoms with van der Waals surface area (Å²) in [5, 5.41) is 18.8. The molecule has 1 aromatic heterocycles. The molecule has 0 bridgehead atoms. The zero-order valence-electron chi connectivity index (χ0n) is 13.8. The Morgan fingerprint density at radius 2 is 2.00 bits per heavy atom. The number of hydrogen-bond acceptors (Lipinski definition) is 7. The highest BCUT2D eigenvalue weighted by Crippen LogP contribution is 2.18. The van der Waals surface area contributed by atoms with Gasteiger partial charge in [0, 0.05) is 5.71 Å². The van der Waals surface area contributed by atoms with Crippen molar-refractivity contribution >= 4 is 29.1 Å². The third-order valence-electron chi connectivity index (χ3n) is 3.37. The number of benzene rings is 1. The van der Waals surface area contributed by atoms with E-state index in [4.69, 9.17) is 19.8 Å². The second-order valence-corrected chi connectivity index (χ2v) is 5.26. The van der Waals surface area contributed by atoms with E-state index in [9.17, 15) is 14.4 Å². The van der Waals surface area contributed by atoms with Crippen LogP contribution in [0.15, 0.2) is 47.1 Å². The maximum atomic E-state index is 12.2. The van der Waals surface area contributed by atoms with E-state index in [0.29, 0.717) is 0 Å². The lowest BCUT2D eigenvalue weighted by Crippen LogP contribution is -2.26. The monoisotopic (exact) mass is 353 g/mol. The zero-order chi connectivity index (χ0) is 19.1. The van der Waals surface area contributed by atoms with E-state index in [2.05, 4.69) is 5.32 Å². The van der Waals surface area contributed by atoms with Crippen molar-refractivity contribution in [2.24, 2.45) is 5.92 Å². The van der Waals surface area contributed by atoms with Crippen LogP contribution >= 0.6 is 0 Å². The number of nitriles is 1. The minimum Gasteiger partial charge on any atom is -0.459 e. The van der Waals surface area contributed by atoms with E-state index in [1.807, 2.05) is 0 Å². The molecule has 1 aromatic carbocycles. The predicted molar refractivity (Wildman–Crippen MR) is 90.9 cm³/mol. The second kappa shape index (κ2) is 8.39. The molecule has 0 saturated heterocycles. The molecule has 0 radical (unpaired) electrons. The van der Waals surface area contributed by atoms with Gasteiger partial charge in [-0.2, -0.15) is 5.26 Å². The minimum absolute atomic E-state index is 0.0419. The van der Waals surface area contributed by atoms with Crippen LogP contribution in [0, 0.1) is 22.7 Å². The van der Waals surface area contributed by atoms with Gasteiger partial charge in [-0.25, -0.2) is 4.79 Å². The molecule has 0 aliphatic heterocycles. The van der Waals surface area contributed by atoms with Crippen LogP contribution in [-0.4, -0.2) is 30.0 Å². The van der Waals surface area contributed by atoms with Gasteiger partial charge in [0.05, 0.1) is 23.6 Å². The minimum atomic E-state index is -1.25. The molecule has 26 heavy (non-hydrogen) atoms. The van der Waals surface area contributed by atoms with Gasteiger partial charge < -0.3 is 19.9 Å². The molecule has 0 aliphatic carbocycles. The lowest BCUT2D eigenvalue weighted by molar-refractivity contribution is -0.122. The Morgan fingerprint density at radius 3 is 2.62 bits per heavy atom. The second-order valence-electron chi connectivity index (χ2n) is 5.26. The largest absolute Gasteiger partial charge is 0.459 e. The van der Waals surface area contributed by atoms with Crippen molar-refractivity contribution in [3.8, 4) is 6.07 Å². The van der Waals surface area contributed by atoms with Gasteiger partial charge in [0.15, 0.2) is 18.2 Å². The Morgan fingerprint density at radius 1 is 1.27 bits per heavy atom. The summed E-state index contributed by atoms with van der Waals surface area (Å²) in [6.07, 6.45) is 1.34. The molecule has 132 valence electrons. The van der Waals surface area contributed by atoms with E-state index < -0.39 is 30.2 Å². The van der Waals surface area contributed by atoms with Gasteiger partial charge >= 0.3 is 5.97 Å². The maximum absolute atomic E-state index is 12.2. The quantitative estimate of drug-likeness (QED) is 0.580. The van der Waals surface area contributed by atoms with Crippen LogP contribution in [0.25, 0.3) is 0 Å². The Hall–Kier alpha value is -3.73. The number of rotatable bonds is 7. The van der Waals surface area contributed by atoms with Gasteiger partial charge in [0.2, 0.25) is 0 Å². The fourth-order valence-electron chi connectivity index (χ4n) is 2.07. The standard InChI is InChI=1S/C18H15N3O5/c1-11(20)13(9-19)15(22)10-26-18(24)12-5-2-3-6-14(12)21-17(23)16-7-4-8-25-16/h2-8,13,20H,10H2,1H3,(H,21,23). The van der Waals surface area contributed by atoms with E-state index in [0.717, 1.165) is 0 Å². The number of nitrogens with zero attached hydrogens (tertiary/aromatic N) is 1. The number of carbonyl (C=O) groups excluding carboxylic acids is 3. The number of para-hydroxylation sites is 1. The highest BCUT2D eigenvalue weighted by molar-refractivity contribution is 6.08. The smallest absolute Gasteiger partial charge is 0.340 e. The molecule has 1 unspecified atom stereocenters. The Balaban J connectivity index is 2.08. The Kier molecular flexibility index (Phi) is 6.01. The topological polar surface area (TPSA) is 133 Å². The summed E-state index contributed by atoms with van der Waals surface area (Å²) < 4.78 is 9.91. The van der Waals surface area contributed by atoms with Crippen LogP contribution < -0.4 is 5.32 Å². The van der Waals surface area contributed by atoms with Crippen molar-refractivity contribution in [3.05, 3.63) is 54.0 Å². The van der Waals surface area contributed by atoms with Gasteiger partial charge in [0.25, 0.3) is 5.91 Å². The van der Waals surface area contributed by atoms with Crippen molar-refractivity contribution in [2.45, 2.75) is 6.92 Å². The molecule has 1 heterocycles. The highest BCUT2D eigenvalue weighted by Gasteiger charge is 2.23. The van der Waals surface area contributed by atoms with Crippen LogP contribution in [0.1, 0.15) is 27.8 Å². The highest BCUT2D eigenvalue weighted by atomic mass is 16.5. The first-order valence-electron chi connectivity index (χ1n) is 7.52. The molecule has 1 atom stereocenters. The third-order valence-corrected chi connectivity index (χ3v) is 3.37. The number of Topliss-reactive ketones (excluding diaryl/α,β-unsaturated/α-hetero) is 1. The normalized spacial score (nSPS) is 11.1. The van der Waals surface area contributed by atoms with Crippen molar-refractivity contribution in [1.82, 2.24) is 0 Å². The number of nitrogens with one attached hydrogen (secondary N) is 2. The number of esters is 1. The summed E-state index contributed by atoms with van der Waals surface area (Å²) >= 11 is 0. The summed E-state index contributed by atoms with van der Waals surface area (Å²) in [6.45, 7) is 0.681. The number of amides is 1. The molecule has 0 saturated carbocycles. The molecule has 0 fully saturated rings. The summed E-state index contributed by atoms with van der Waals surface area (Å²) in [7, 11) is 0. The fourth-order valence-corrected chi connectivity index (χ4v) is 2.07. The van der Waals surface area contributed by atoms with Crippen LogP contribution in [0.2, 0.25) is 0 Å². The number of furan rings is 1. The fraction of sp³-hybridized carbons (Fsp3) is 0.167. The first kappa shape index (κ1) is 18.6. The van der Waals surface area contributed by atoms with Gasteiger partial charge in [-0.15, -0.1) is 0 Å². The molecule has 0 aliphatic rings. The average molecular weight is 353 g/mol. The van der Waals surface area contributed by atoms with Crippen LogP contribution in [0.3, 0.4) is 0 Å². The summed E-state index contributed by atoms with van der Waals surface area (Å²) in [4.78, 5) is 36.1.